The number of anilines is 2. The van der Waals surface area contributed by atoms with Crippen LogP contribution in [0.25, 0.3) is 0 Å². The first-order chi connectivity index (χ1) is 12.6. The number of hydrogen-bond donors (Lipinski definition) is 3. The van der Waals surface area contributed by atoms with E-state index in [0.29, 0.717) is 47.4 Å². The monoisotopic (exact) mass is 357 g/mol. The molecule has 1 heterocycles. The van der Waals surface area contributed by atoms with E-state index in [1.165, 1.54) is 14.2 Å². The molecule has 3 N–H and O–H groups in total. The van der Waals surface area contributed by atoms with Gasteiger partial charge in [0.2, 0.25) is 5.75 Å². The Labute approximate surface area is 150 Å². The second-order valence-electron chi connectivity index (χ2n) is 5.44. The average Bonchev–Trinajstić information content (AvgIpc) is 2.68. The molecule has 8 nitrogen and oxygen atoms in total. The third-order valence-electron chi connectivity index (χ3n) is 3.72. The number of nitrogens with one attached hydrogen (secondary N) is 3. The van der Waals surface area contributed by atoms with Crippen molar-refractivity contribution < 1.29 is 23.8 Å². The first-order valence-corrected chi connectivity index (χ1v) is 7.98. The lowest BCUT2D eigenvalue weighted by molar-refractivity contribution is 0.102. The largest absolute Gasteiger partial charge is 0.493 e. The van der Waals surface area contributed by atoms with Crippen molar-refractivity contribution in [1.29, 1.82) is 0 Å². The van der Waals surface area contributed by atoms with E-state index in [1.54, 1.807) is 36.4 Å². The lowest BCUT2D eigenvalue weighted by Crippen LogP contribution is -2.24. The number of carbonyl (C=O) groups is 2. The number of urea groups is 1. The van der Waals surface area contributed by atoms with Gasteiger partial charge in [0.05, 0.1) is 7.11 Å². The lowest BCUT2D eigenvalue weighted by Gasteiger charge is -2.21. The molecule has 1 aliphatic heterocycles. The van der Waals surface area contributed by atoms with E-state index < -0.39 is 0 Å². The van der Waals surface area contributed by atoms with E-state index >= 15 is 0 Å². The summed E-state index contributed by atoms with van der Waals surface area (Å²) in [6.45, 7) is 0.854. The van der Waals surface area contributed by atoms with Crippen LogP contribution < -0.4 is 30.2 Å². The predicted octanol–water partition coefficient (Wildman–Crippen LogP) is 2.47. The van der Waals surface area contributed by atoms with E-state index in [2.05, 4.69) is 16.0 Å². The standard InChI is InChI=1S/C18H19N3O5/c1-19-18(23)21-13-5-3-12(4-6-13)20-17(22)11-9-14(24-2)16-15(10-11)25-7-8-26-16/h3-6,9-10H,7-8H2,1-2H3,(H,20,22)(H2,19,21,23). The summed E-state index contributed by atoms with van der Waals surface area (Å²) in [5.41, 5.74) is 1.59. The Bertz CT molecular complexity index is 803. The van der Waals surface area contributed by atoms with Gasteiger partial charge in [-0.15, -0.1) is 0 Å². The molecule has 3 rings (SSSR count). The smallest absolute Gasteiger partial charge is 0.318 e. The van der Waals surface area contributed by atoms with E-state index in [1.807, 2.05) is 0 Å². The molecule has 26 heavy (non-hydrogen) atoms. The van der Waals surface area contributed by atoms with Gasteiger partial charge >= 0.3 is 6.03 Å². The molecule has 0 atom stereocenters. The van der Waals surface area contributed by atoms with Crippen molar-refractivity contribution in [2.45, 2.75) is 0 Å². The first-order valence-electron chi connectivity index (χ1n) is 7.98. The second kappa shape index (κ2) is 7.64. The van der Waals surface area contributed by atoms with Gasteiger partial charge in [-0.2, -0.15) is 0 Å². The molecule has 0 radical (unpaired) electrons. The van der Waals surface area contributed by atoms with Gasteiger partial charge in [0.25, 0.3) is 5.91 Å². The highest BCUT2D eigenvalue weighted by Crippen LogP contribution is 2.40. The van der Waals surface area contributed by atoms with Gasteiger partial charge < -0.3 is 30.2 Å². The van der Waals surface area contributed by atoms with Gasteiger partial charge in [-0.1, -0.05) is 0 Å². The Morgan fingerprint density at radius 1 is 1.00 bits per heavy atom. The lowest BCUT2D eigenvalue weighted by atomic mass is 10.1. The third kappa shape index (κ3) is 3.80. The van der Waals surface area contributed by atoms with Crippen molar-refractivity contribution in [3.63, 3.8) is 0 Å². The molecule has 0 saturated carbocycles. The van der Waals surface area contributed by atoms with Gasteiger partial charge in [-0.05, 0) is 36.4 Å². The second-order valence-corrected chi connectivity index (χ2v) is 5.44. The van der Waals surface area contributed by atoms with Crippen LogP contribution in [0.2, 0.25) is 0 Å². The number of rotatable bonds is 4. The molecular weight excluding hydrogens is 338 g/mol. The Balaban J connectivity index is 1.74. The van der Waals surface area contributed by atoms with Crippen LogP contribution >= 0.6 is 0 Å². The summed E-state index contributed by atoms with van der Waals surface area (Å²) in [5, 5.41) is 7.90. The molecule has 0 spiro atoms. The summed E-state index contributed by atoms with van der Waals surface area (Å²) in [6.07, 6.45) is 0. The zero-order valence-corrected chi connectivity index (χ0v) is 14.4. The molecule has 0 aromatic heterocycles. The molecule has 0 fully saturated rings. The average molecular weight is 357 g/mol. The minimum atomic E-state index is -0.315. The zero-order chi connectivity index (χ0) is 18.5. The normalized spacial score (nSPS) is 12.1. The van der Waals surface area contributed by atoms with E-state index in [0.717, 1.165) is 0 Å². The van der Waals surface area contributed by atoms with E-state index in [-0.39, 0.29) is 11.9 Å². The van der Waals surface area contributed by atoms with Crippen molar-refractivity contribution in [2.24, 2.45) is 0 Å². The van der Waals surface area contributed by atoms with Crippen LogP contribution in [0, 0.1) is 0 Å². The Hall–Kier alpha value is -3.42. The highest BCUT2D eigenvalue weighted by molar-refractivity contribution is 6.05. The molecule has 136 valence electrons. The maximum absolute atomic E-state index is 12.5. The number of hydrogen-bond acceptors (Lipinski definition) is 5. The van der Waals surface area contributed by atoms with Crippen molar-refractivity contribution in [2.75, 3.05) is 38.0 Å². The fourth-order valence-electron chi connectivity index (χ4n) is 2.44. The number of fused-ring (bicyclic) bond motifs is 1. The summed E-state index contributed by atoms with van der Waals surface area (Å²) >= 11 is 0. The van der Waals surface area contributed by atoms with Gasteiger partial charge in [-0.3, -0.25) is 4.79 Å². The summed E-state index contributed by atoms with van der Waals surface area (Å²) in [5.74, 6) is 1.11. The van der Waals surface area contributed by atoms with Crippen LogP contribution in [0.1, 0.15) is 10.4 Å². The molecule has 0 aliphatic carbocycles. The fourth-order valence-corrected chi connectivity index (χ4v) is 2.44. The van der Waals surface area contributed by atoms with Gasteiger partial charge in [0, 0.05) is 24.0 Å². The number of ether oxygens (including phenoxy) is 3. The first kappa shape index (κ1) is 17.4. The van der Waals surface area contributed by atoms with E-state index in [4.69, 9.17) is 14.2 Å². The van der Waals surface area contributed by atoms with E-state index in [9.17, 15) is 9.59 Å². The molecule has 2 aromatic rings. The Morgan fingerprint density at radius 2 is 1.65 bits per heavy atom. The SMILES string of the molecule is CNC(=O)Nc1ccc(NC(=O)c2cc(OC)c3c(c2)OCCO3)cc1. The number of amides is 3. The van der Waals surface area contributed by atoms with Gasteiger partial charge in [0.15, 0.2) is 11.5 Å². The Kier molecular flexibility index (Phi) is 5.12. The number of benzene rings is 2. The molecule has 1 aliphatic rings. The summed E-state index contributed by atoms with van der Waals surface area (Å²) in [6, 6.07) is 9.67. The minimum Gasteiger partial charge on any atom is -0.493 e. The fraction of sp³-hybridized carbons (Fsp3) is 0.222. The molecule has 8 heteroatoms. The quantitative estimate of drug-likeness (QED) is 0.781. The van der Waals surface area contributed by atoms with Crippen LogP contribution in [0.5, 0.6) is 17.2 Å². The summed E-state index contributed by atoms with van der Waals surface area (Å²) < 4.78 is 16.4. The topological polar surface area (TPSA) is 97.9 Å². The maximum Gasteiger partial charge on any atom is 0.318 e. The van der Waals surface area contributed by atoms with Crippen LogP contribution in [0.15, 0.2) is 36.4 Å². The van der Waals surface area contributed by atoms with Crippen molar-refractivity contribution in [3.05, 3.63) is 42.0 Å². The van der Waals surface area contributed by atoms with Crippen LogP contribution in [0.4, 0.5) is 16.2 Å². The molecular formula is C18H19N3O5. The van der Waals surface area contributed by atoms with Crippen LogP contribution in [-0.4, -0.2) is 39.3 Å². The highest BCUT2D eigenvalue weighted by atomic mass is 16.6. The zero-order valence-electron chi connectivity index (χ0n) is 14.4. The summed E-state index contributed by atoms with van der Waals surface area (Å²) in [4.78, 5) is 23.8. The van der Waals surface area contributed by atoms with Crippen LogP contribution in [0.3, 0.4) is 0 Å². The molecule has 2 aromatic carbocycles. The van der Waals surface area contributed by atoms with Crippen LogP contribution in [-0.2, 0) is 0 Å². The minimum absolute atomic E-state index is 0.313. The highest BCUT2D eigenvalue weighted by Gasteiger charge is 2.21. The van der Waals surface area contributed by atoms with Crippen molar-refractivity contribution in [1.82, 2.24) is 5.32 Å². The van der Waals surface area contributed by atoms with Gasteiger partial charge in [-0.25, -0.2) is 4.79 Å². The molecule has 0 unspecified atom stereocenters. The van der Waals surface area contributed by atoms with Crippen molar-refractivity contribution >= 4 is 23.3 Å². The van der Waals surface area contributed by atoms with Gasteiger partial charge in [0.1, 0.15) is 13.2 Å². The maximum atomic E-state index is 12.5. The Morgan fingerprint density at radius 3 is 2.31 bits per heavy atom. The number of carbonyl (C=O) groups excluding carboxylic acids is 2. The summed E-state index contributed by atoms with van der Waals surface area (Å²) in [7, 11) is 3.04. The van der Waals surface area contributed by atoms with Crippen molar-refractivity contribution in [3.8, 4) is 17.2 Å². The third-order valence-corrected chi connectivity index (χ3v) is 3.72. The number of methoxy groups -OCH3 is 1. The molecule has 0 saturated heterocycles. The predicted molar refractivity (Wildman–Crippen MR) is 96.5 cm³/mol. The molecule has 3 amide bonds. The molecule has 0 bridgehead atoms.